The number of nitrogens with zero attached hydrogens (tertiary/aromatic N) is 1. The van der Waals surface area contributed by atoms with E-state index in [1.54, 1.807) is 27.7 Å². The Balaban J connectivity index is 2.70. The predicted molar refractivity (Wildman–Crippen MR) is 73.9 cm³/mol. The highest BCUT2D eigenvalue weighted by atomic mass is 35.7. The highest BCUT2D eigenvalue weighted by Gasteiger charge is 2.23. The second-order valence-electron chi connectivity index (χ2n) is 5.17. The van der Waals surface area contributed by atoms with Gasteiger partial charge in [-0.25, -0.2) is 13.4 Å². The normalized spacial score (nSPS) is 14.2. The molecule has 0 fully saturated rings. The van der Waals surface area contributed by atoms with Gasteiger partial charge >= 0.3 is 5.97 Å². The van der Waals surface area contributed by atoms with Crippen molar-refractivity contribution < 1.29 is 17.9 Å². The van der Waals surface area contributed by atoms with Gasteiger partial charge in [0.15, 0.2) is 0 Å². The van der Waals surface area contributed by atoms with Gasteiger partial charge in [-0.2, -0.15) is 0 Å². The monoisotopic (exact) mass is 325 g/mol. The van der Waals surface area contributed by atoms with E-state index in [1.807, 2.05) is 0 Å². The van der Waals surface area contributed by atoms with Crippen molar-refractivity contribution in [2.45, 2.75) is 44.1 Å². The molecule has 0 spiro atoms. The third-order valence-corrected chi connectivity index (χ3v) is 5.02. The summed E-state index contributed by atoms with van der Waals surface area (Å²) in [5.74, 6) is -0.693. The number of aromatic nitrogens is 1. The molecule has 1 atom stereocenters. The fraction of sp³-hybridized carbons (Fsp3) is 0.636. The Morgan fingerprint density at radius 1 is 1.53 bits per heavy atom. The van der Waals surface area contributed by atoms with Gasteiger partial charge < -0.3 is 4.74 Å². The first kappa shape index (κ1) is 16.4. The number of carbonyl (C=O) groups excluding carboxylic acids is 1. The van der Waals surface area contributed by atoms with Crippen molar-refractivity contribution >= 4 is 37.0 Å². The van der Waals surface area contributed by atoms with Crippen LogP contribution in [-0.2, 0) is 25.0 Å². The number of ether oxygens (including phenoxy) is 1. The fourth-order valence-corrected chi connectivity index (χ4v) is 3.35. The Morgan fingerprint density at radius 3 is 2.53 bits per heavy atom. The van der Waals surface area contributed by atoms with Gasteiger partial charge in [-0.3, -0.25) is 4.79 Å². The molecule has 0 radical (unpaired) electrons. The van der Waals surface area contributed by atoms with E-state index in [0.29, 0.717) is 11.3 Å². The molecule has 8 heteroatoms. The van der Waals surface area contributed by atoms with E-state index < -0.39 is 14.7 Å². The number of hydrogen-bond acceptors (Lipinski definition) is 6. The van der Waals surface area contributed by atoms with Gasteiger partial charge in [0.1, 0.15) is 5.60 Å². The van der Waals surface area contributed by atoms with E-state index in [1.165, 1.54) is 6.20 Å². The maximum Gasteiger partial charge on any atom is 0.309 e. The predicted octanol–water partition coefficient (Wildman–Crippen LogP) is 2.59. The van der Waals surface area contributed by atoms with E-state index in [4.69, 9.17) is 15.4 Å². The molecule has 1 unspecified atom stereocenters. The molecule has 0 N–H and O–H groups in total. The summed E-state index contributed by atoms with van der Waals surface area (Å²) in [6, 6.07) is 0. The zero-order chi connectivity index (χ0) is 14.8. The summed E-state index contributed by atoms with van der Waals surface area (Å²) < 4.78 is 27.2. The Kier molecular flexibility index (Phi) is 4.97. The molecule has 0 aromatic carbocycles. The van der Waals surface area contributed by atoms with Gasteiger partial charge in [-0.15, -0.1) is 11.3 Å². The second-order valence-corrected chi connectivity index (χ2v) is 9.02. The SMILES string of the molecule is CC(Cc1cnc(S(=O)(=O)Cl)s1)C(=O)OC(C)(C)C. The number of rotatable bonds is 4. The van der Waals surface area contributed by atoms with E-state index in [2.05, 4.69) is 4.98 Å². The van der Waals surface area contributed by atoms with Crippen LogP contribution in [0.2, 0.25) is 0 Å². The average Bonchev–Trinajstić information content (AvgIpc) is 2.62. The third-order valence-electron chi connectivity index (χ3n) is 2.06. The van der Waals surface area contributed by atoms with Crippen LogP contribution in [0.1, 0.15) is 32.6 Å². The van der Waals surface area contributed by atoms with Crippen molar-refractivity contribution in [3.05, 3.63) is 11.1 Å². The molecule has 0 aliphatic carbocycles. The summed E-state index contributed by atoms with van der Waals surface area (Å²) in [6.45, 7) is 7.11. The van der Waals surface area contributed by atoms with Crippen LogP contribution in [0.4, 0.5) is 0 Å². The molecule has 108 valence electrons. The van der Waals surface area contributed by atoms with Gasteiger partial charge in [0.05, 0.1) is 5.92 Å². The Bertz CT molecular complexity index is 559. The molecule has 0 amide bonds. The zero-order valence-corrected chi connectivity index (χ0v) is 13.5. The molecule has 1 aromatic rings. The molecule has 1 aromatic heterocycles. The minimum absolute atomic E-state index is 0.152. The summed E-state index contributed by atoms with van der Waals surface area (Å²) in [5, 5.41) is 0. The highest BCUT2D eigenvalue weighted by molar-refractivity contribution is 8.14. The van der Waals surface area contributed by atoms with E-state index in [-0.39, 0.29) is 16.2 Å². The Hall–Kier alpha value is -0.660. The largest absolute Gasteiger partial charge is 0.460 e. The standard InChI is InChI=1S/C11H16ClNO4S2/c1-7(9(14)17-11(2,3)4)5-8-6-13-10(18-8)19(12,15)16/h6-7H,5H2,1-4H3. The Labute approximate surface area is 121 Å². The van der Waals surface area contributed by atoms with Crippen molar-refractivity contribution in [3.8, 4) is 0 Å². The summed E-state index contributed by atoms with van der Waals surface area (Å²) >= 11 is 0.965. The van der Waals surface area contributed by atoms with Crippen LogP contribution in [0, 0.1) is 5.92 Å². The van der Waals surface area contributed by atoms with Crippen molar-refractivity contribution in [1.29, 1.82) is 0 Å². The van der Waals surface area contributed by atoms with Crippen LogP contribution in [-0.4, -0.2) is 25.0 Å². The van der Waals surface area contributed by atoms with Gasteiger partial charge in [-0.05, 0) is 27.2 Å². The van der Waals surface area contributed by atoms with Crippen molar-refractivity contribution in [1.82, 2.24) is 4.98 Å². The smallest absolute Gasteiger partial charge is 0.309 e. The van der Waals surface area contributed by atoms with Crippen LogP contribution >= 0.6 is 22.0 Å². The molecule has 1 heterocycles. The topological polar surface area (TPSA) is 73.3 Å². The average molecular weight is 326 g/mol. The molecule has 0 saturated heterocycles. The molecule has 0 bridgehead atoms. The van der Waals surface area contributed by atoms with Gasteiger partial charge in [0.25, 0.3) is 9.05 Å². The quantitative estimate of drug-likeness (QED) is 0.628. The lowest BCUT2D eigenvalue weighted by Crippen LogP contribution is -2.28. The lowest BCUT2D eigenvalue weighted by molar-refractivity contribution is -0.159. The number of thiazole rings is 1. The van der Waals surface area contributed by atoms with Gasteiger partial charge in [0.2, 0.25) is 4.34 Å². The van der Waals surface area contributed by atoms with Crippen LogP contribution < -0.4 is 0 Å². The van der Waals surface area contributed by atoms with E-state index >= 15 is 0 Å². The van der Waals surface area contributed by atoms with Crippen LogP contribution in [0.15, 0.2) is 10.5 Å². The van der Waals surface area contributed by atoms with Crippen LogP contribution in [0.3, 0.4) is 0 Å². The van der Waals surface area contributed by atoms with Gasteiger partial charge in [-0.1, -0.05) is 6.92 Å². The first-order valence-electron chi connectivity index (χ1n) is 5.61. The number of esters is 1. The summed E-state index contributed by atoms with van der Waals surface area (Å²) in [5.41, 5.74) is -0.538. The van der Waals surface area contributed by atoms with Crippen LogP contribution in [0.25, 0.3) is 0 Å². The lowest BCUT2D eigenvalue weighted by atomic mass is 10.1. The second kappa shape index (κ2) is 5.76. The molecular weight excluding hydrogens is 310 g/mol. The maximum atomic E-state index is 11.8. The van der Waals surface area contributed by atoms with Crippen molar-refractivity contribution in [2.75, 3.05) is 0 Å². The van der Waals surface area contributed by atoms with Crippen LogP contribution in [0.5, 0.6) is 0 Å². The number of halogens is 1. The molecule has 0 aliphatic rings. The number of hydrogen-bond donors (Lipinski definition) is 0. The van der Waals surface area contributed by atoms with Crippen molar-refractivity contribution in [2.24, 2.45) is 5.92 Å². The summed E-state index contributed by atoms with van der Waals surface area (Å²) in [7, 11) is 1.38. The summed E-state index contributed by atoms with van der Waals surface area (Å²) in [6.07, 6.45) is 1.79. The van der Waals surface area contributed by atoms with E-state index in [0.717, 1.165) is 11.3 Å². The minimum Gasteiger partial charge on any atom is -0.460 e. The summed E-state index contributed by atoms with van der Waals surface area (Å²) in [4.78, 5) is 16.2. The van der Waals surface area contributed by atoms with E-state index in [9.17, 15) is 13.2 Å². The minimum atomic E-state index is -3.80. The maximum absolute atomic E-state index is 11.8. The fourth-order valence-electron chi connectivity index (χ4n) is 1.28. The molecule has 1 rings (SSSR count). The molecule has 0 saturated carbocycles. The van der Waals surface area contributed by atoms with Gasteiger partial charge in [0, 0.05) is 21.8 Å². The lowest BCUT2D eigenvalue weighted by Gasteiger charge is -2.21. The molecular formula is C11H16ClNO4S2. The molecule has 19 heavy (non-hydrogen) atoms. The zero-order valence-electron chi connectivity index (χ0n) is 11.1. The Morgan fingerprint density at radius 2 is 2.11 bits per heavy atom. The first-order valence-corrected chi connectivity index (χ1v) is 8.74. The highest BCUT2D eigenvalue weighted by Crippen LogP contribution is 2.24. The molecule has 5 nitrogen and oxygen atoms in total. The number of carbonyl (C=O) groups is 1. The first-order chi connectivity index (χ1) is 8.49. The third kappa shape index (κ3) is 5.46. The molecule has 0 aliphatic heterocycles. The van der Waals surface area contributed by atoms with Crippen molar-refractivity contribution in [3.63, 3.8) is 0 Å².